The van der Waals surface area contributed by atoms with Crippen LogP contribution in [0, 0.1) is 10.8 Å². The van der Waals surface area contributed by atoms with Gasteiger partial charge in [-0.2, -0.15) is 0 Å². The summed E-state index contributed by atoms with van der Waals surface area (Å²) in [5, 5.41) is 3.75. The van der Waals surface area contributed by atoms with Crippen LogP contribution in [0.4, 0.5) is 0 Å². The van der Waals surface area contributed by atoms with Crippen molar-refractivity contribution in [2.45, 2.75) is 92.0 Å². The van der Waals surface area contributed by atoms with Gasteiger partial charge in [0.1, 0.15) is 0 Å². The Morgan fingerprint density at radius 2 is 1.50 bits per heavy atom. The molecule has 0 amide bonds. The van der Waals surface area contributed by atoms with Crippen molar-refractivity contribution in [3.63, 3.8) is 0 Å². The van der Waals surface area contributed by atoms with Gasteiger partial charge in [-0.3, -0.25) is 0 Å². The van der Waals surface area contributed by atoms with Crippen LogP contribution < -0.4 is 5.32 Å². The maximum Gasteiger partial charge on any atom is 0.00967 e. The average Bonchev–Trinajstić information content (AvgIpc) is 2.61. The lowest BCUT2D eigenvalue weighted by molar-refractivity contribution is 0.210. The Balaban J connectivity index is 2.43. The second-order valence-electron chi connectivity index (χ2n) is 8.72. The fraction of sp³-hybridized carbons (Fsp3) is 1.00. The first-order valence-corrected chi connectivity index (χ1v) is 7.87. The largest absolute Gasteiger partial charge is 0.312 e. The van der Waals surface area contributed by atoms with Gasteiger partial charge >= 0.3 is 0 Å². The lowest BCUT2D eigenvalue weighted by atomic mass is 9.78. The van der Waals surface area contributed by atoms with Crippen LogP contribution in [-0.2, 0) is 0 Å². The Hall–Kier alpha value is -0.0400. The molecule has 0 aromatic rings. The van der Waals surface area contributed by atoms with Gasteiger partial charge in [-0.1, -0.05) is 40.0 Å². The quantitative estimate of drug-likeness (QED) is 0.714. The van der Waals surface area contributed by atoms with Crippen molar-refractivity contribution >= 4 is 0 Å². The topological polar surface area (TPSA) is 12.0 Å². The summed E-state index contributed by atoms with van der Waals surface area (Å²) >= 11 is 0. The number of hydrogen-bond donors (Lipinski definition) is 1. The van der Waals surface area contributed by atoms with Gasteiger partial charge in [-0.15, -0.1) is 0 Å². The van der Waals surface area contributed by atoms with Crippen molar-refractivity contribution in [1.29, 1.82) is 0 Å². The highest BCUT2D eigenvalue weighted by molar-refractivity contribution is 4.89. The molecule has 0 spiro atoms. The second kappa shape index (κ2) is 5.94. The highest BCUT2D eigenvalue weighted by Crippen LogP contribution is 2.43. The summed E-state index contributed by atoms with van der Waals surface area (Å²) in [5.74, 6) is 0. The molecule has 1 aliphatic rings. The van der Waals surface area contributed by atoms with E-state index in [9.17, 15) is 0 Å². The lowest BCUT2D eigenvalue weighted by Gasteiger charge is -2.34. The highest BCUT2D eigenvalue weighted by Gasteiger charge is 2.34. The van der Waals surface area contributed by atoms with Gasteiger partial charge < -0.3 is 5.32 Å². The molecule has 1 nitrogen and oxygen atoms in total. The van der Waals surface area contributed by atoms with Gasteiger partial charge in [-0.25, -0.2) is 0 Å². The normalized spacial score (nSPS) is 20.3. The Bertz CT molecular complexity index is 235. The zero-order valence-electron chi connectivity index (χ0n) is 13.7. The van der Waals surface area contributed by atoms with E-state index in [0.29, 0.717) is 10.8 Å². The van der Waals surface area contributed by atoms with Crippen molar-refractivity contribution in [3.05, 3.63) is 0 Å². The van der Waals surface area contributed by atoms with E-state index >= 15 is 0 Å². The number of rotatable bonds is 5. The molecule has 1 N–H and O–H groups in total. The first kappa shape index (κ1) is 16.0. The summed E-state index contributed by atoms with van der Waals surface area (Å²) < 4.78 is 0. The summed E-state index contributed by atoms with van der Waals surface area (Å²) in [5.41, 5.74) is 1.37. The SMILES string of the molecule is CC(C)(C)CCCC1(CNC(C)(C)C)CCCC1. The summed E-state index contributed by atoms with van der Waals surface area (Å²) in [6, 6.07) is 0. The van der Waals surface area contributed by atoms with Crippen LogP contribution >= 0.6 is 0 Å². The van der Waals surface area contributed by atoms with Crippen molar-refractivity contribution in [2.24, 2.45) is 10.8 Å². The van der Waals surface area contributed by atoms with E-state index in [4.69, 9.17) is 0 Å². The van der Waals surface area contributed by atoms with Gasteiger partial charge in [0.05, 0.1) is 0 Å². The van der Waals surface area contributed by atoms with E-state index < -0.39 is 0 Å². The van der Waals surface area contributed by atoms with Crippen LogP contribution in [0.5, 0.6) is 0 Å². The van der Waals surface area contributed by atoms with Crippen LogP contribution in [0.25, 0.3) is 0 Å². The smallest absolute Gasteiger partial charge is 0.00967 e. The Labute approximate surface area is 115 Å². The second-order valence-corrected chi connectivity index (χ2v) is 8.72. The molecule has 0 aromatic carbocycles. The van der Waals surface area contributed by atoms with Gasteiger partial charge in [0.15, 0.2) is 0 Å². The van der Waals surface area contributed by atoms with Crippen LogP contribution in [0.1, 0.15) is 86.5 Å². The third-order valence-electron chi connectivity index (χ3n) is 4.29. The fourth-order valence-electron chi connectivity index (χ4n) is 3.09. The van der Waals surface area contributed by atoms with Crippen LogP contribution in [-0.4, -0.2) is 12.1 Å². The van der Waals surface area contributed by atoms with Crippen molar-refractivity contribution in [2.75, 3.05) is 6.54 Å². The van der Waals surface area contributed by atoms with Gasteiger partial charge in [0.25, 0.3) is 0 Å². The number of hydrogen-bond acceptors (Lipinski definition) is 1. The molecule has 1 heteroatoms. The molecular weight excluding hydrogens is 218 g/mol. The molecule has 1 rings (SSSR count). The van der Waals surface area contributed by atoms with Gasteiger partial charge in [0.2, 0.25) is 0 Å². The minimum Gasteiger partial charge on any atom is -0.312 e. The third-order valence-corrected chi connectivity index (χ3v) is 4.29. The first-order valence-electron chi connectivity index (χ1n) is 7.87. The summed E-state index contributed by atoms with van der Waals surface area (Å²) in [6.07, 6.45) is 9.97. The maximum atomic E-state index is 3.75. The molecule has 1 saturated carbocycles. The standard InChI is InChI=1S/C17H35N/c1-15(2,3)10-9-13-17(11-7-8-12-17)14-18-16(4,5)6/h18H,7-14H2,1-6H3. The molecule has 0 radical (unpaired) electrons. The summed E-state index contributed by atoms with van der Waals surface area (Å²) in [6.45, 7) is 15.2. The van der Waals surface area contributed by atoms with E-state index in [0.717, 1.165) is 0 Å². The van der Waals surface area contributed by atoms with Crippen molar-refractivity contribution < 1.29 is 0 Å². The number of nitrogens with one attached hydrogen (secondary N) is 1. The van der Waals surface area contributed by atoms with E-state index in [-0.39, 0.29) is 5.54 Å². The molecule has 0 atom stereocenters. The fourth-order valence-corrected chi connectivity index (χ4v) is 3.09. The molecule has 18 heavy (non-hydrogen) atoms. The third kappa shape index (κ3) is 6.22. The first-order chi connectivity index (χ1) is 8.12. The van der Waals surface area contributed by atoms with E-state index in [1.807, 2.05) is 0 Å². The van der Waals surface area contributed by atoms with E-state index in [1.165, 1.54) is 51.5 Å². The minimum absolute atomic E-state index is 0.264. The molecule has 0 aliphatic heterocycles. The molecule has 0 saturated heterocycles. The maximum absolute atomic E-state index is 3.75. The van der Waals surface area contributed by atoms with Gasteiger partial charge in [0, 0.05) is 12.1 Å². The lowest BCUT2D eigenvalue weighted by Crippen LogP contribution is -2.43. The monoisotopic (exact) mass is 253 g/mol. The Morgan fingerprint density at radius 1 is 0.944 bits per heavy atom. The Kier molecular flexibility index (Phi) is 5.29. The molecule has 0 bridgehead atoms. The van der Waals surface area contributed by atoms with Crippen molar-refractivity contribution in [3.8, 4) is 0 Å². The van der Waals surface area contributed by atoms with Crippen LogP contribution in [0.2, 0.25) is 0 Å². The van der Waals surface area contributed by atoms with E-state index in [1.54, 1.807) is 0 Å². The van der Waals surface area contributed by atoms with Crippen molar-refractivity contribution in [1.82, 2.24) is 5.32 Å². The zero-order valence-corrected chi connectivity index (χ0v) is 13.7. The van der Waals surface area contributed by atoms with Crippen LogP contribution in [0.15, 0.2) is 0 Å². The van der Waals surface area contributed by atoms with E-state index in [2.05, 4.69) is 46.9 Å². The zero-order chi connectivity index (χ0) is 13.9. The molecular formula is C17H35N. The molecule has 1 aliphatic carbocycles. The molecule has 0 aromatic heterocycles. The van der Waals surface area contributed by atoms with Crippen LogP contribution in [0.3, 0.4) is 0 Å². The van der Waals surface area contributed by atoms with Gasteiger partial charge in [-0.05, 0) is 57.3 Å². The minimum atomic E-state index is 0.264. The average molecular weight is 253 g/mol. The predicted molar refractivity (Wildman–Crippen MR) is 82.0 cm³/mol. The summed E-state index contributed by atoms with van der Waals surface area (Å²) in [7, 11) is 0. The molecule has 1 fully saturated rings. The molecule has 0 unspecified atom stereocenters. The highest BCUT2D eigenvalue weighted by atomic mass is 15.0. The predicted octanol–water partition coefficient (Wildman–Crippen LogP) is 5.15. The molecule has 0 heterocycles. The Morgan fingerprint density at radius 3 is 1.94 bits per heavy atom. The summed E-state index contributed by atoms with van der Waals surface area (Å²) in [4.78, 5) is 0. The molecule has 108 valence electrons.